The minimum absolute atomic E-state index is 0.0574. The Morgan fingerprint density at radius 3 is 2.83 bits per heavy atom. The van der Waals surface area contributed by atoms with Crippen LogP contribution in [0.1, 0.15) is 64.7 Å². The maximum Gasteiger partial charge on any atom is 0.303 e. The average molecular weight is 337 g/mol. The summed E-state index contributed by atoms with van der Waals surface area (Å²) < 4.78 is 0. The fraction of sp³-hybridized carbons (Fsp3) is 0.684. The highest BCUT2D eigenvalue weighted by Crippen LogP contribution is 2.20. The molecule has 1 fully saturated rings. The summed E-state index contributed by atoms with van der Waals surface area (Å²) in [7, 11) is 0. The monoisotopic (exact) mass is 337 g/mol. The summed E-state index contributed by atoms with van der Waals surface area (Å²) in [5, 5.41) is 18.5. The first kappa shape index (κ1) is 20.4. The molecule has 0 aromatic rings. The summed E-state index contributed by atoms with van der Waals surface area (Å²) in [6.45, 7) is 2.69. The molecule has 1 saturated heterocycles. The zero-order valence-corrected chi connectivity index (χ0v) is 14.7. The van der Waals surface area contributed by atoms with Crippen LogP contribution in [0, 0.1) is 0 Å². The van der Waals surface area contributed by atoms with E-state index in [-0.39, 0.29) is 18.4 Å². The number of rotatable bonds is 12. The van der Waals surface area contributed by atoms with Gasteiger partial charge in [0.25, 0.3) is 0 Å². The second-order valence-corrected chi connectivity index (χ2v) is 6.36. The number of unbranched alkanes of at least 4 members (excludes halogenated alkanes) is 3. The zero-order chi connectivity index (χ0) is 17.8. The van der Waals surface area contributed by atoms with Crippen LogP contribution in [-0.2, 0) is 9.59 Å². The lowest BCUT2D eigenvalue weighted by Gasteiger charge is -2.21. The van der Waals surface area contributed by atoms with Gasteiger partial charge in [-0.1, -0.05) is 50.5 Å². The first-order chi connectivity index (χ1) is 11.5. The van der Waals surface area contributed by atoms with Crippen molar-refractivity contribution < 1.29 is 19.8 Å². The van der Waals surface area contributed by atoms with Gasteiger partial charge in [0, 0.05) is 19.4 Å². The van der Waals surface area contributed by atoms with Crippen LogP contribution in [0.25, 0.3) is 0 Å². The largest absolute Gasteiger partial charge is 0.481 e. The Balaban J connectivity index is 2.37. The molecule has 1 heterocycles. The molecular formula is C19H31NO4. The molecular weight excluding hydrogens is 306 g/mol. The van der Waals surface area contributed by atoms with E-state index in [0.29, 0.717) is 25.8 Å². The zero-order valence-electron chi connectivity index (χ0n) is 14.7. The van der Waals surface area contributed by atoms with Crippen LogP contribution in [0.2, 0.25) is 0 Å². The lowest BCUT2D eigenvalue weighted by molar-refractivity contribution is -0.137. The molecule has 2 atom stereocenters. The second-order valence-electron chi connectivity index (χ2n) is 6.36. The molecule has 0 aromatic heterocycles. The summed E-state index contributed by atoms with van der Waals surface area (Å²) in [4.78, 5) is 24.2. The number of nitrogens with zero attached hydrogens (tertiary/aromatic N) is 1. The molecule has 0 saturated carbocycles. The molecule has 1 aliphatic rings. The number of allylic oxidation sites excluding steroid dienone is 1. The third-order valence-corrected chi connectivity index (χ3v) is 4.26. The molecule has 5 heteroatoms. The van der Waals surface area contributed by atoms with Crippen LogP contribution in [0.3, 0.4) is 0 Å². The second kappa shape index (κ2) is 11.8. The predicted molar refractivity (Wildman–Crippen MR) is 94.7 cm³/mol. The highest BCUT2D eigenvalue weighted by atomic mass is 16.4. The quantitative estimate of drug-likeness (QED) is 0.423. The van der Waals surface area contributed by atoms with E-state index < -0.39 is 12.1 Å². The molecule has 0 aromatic carbocycles. The predicted octanol–water partition coefficient (Wildman–Crippen LogP) is 3.29. The fourth-order valence-electron chi connectivity index (χ4n) is 2.83. The molecule has 1 aliphatic heterocycles. The number of carbonyl (C=O) groups excluding carboxylic acids is 1. The SMILES string of the molecule is CCCCCC(O)/C=C/C1CCC(=O)N1CC=CCCCC(=O)O. The normalized spacial score (nSPS) is 19.7. The molecule has 0 spiro atoms. The third kappa shape index (κ3) is 8.29. The van der Waals surface area contributed by atoms with Crippen LogP contribution in [0.15, 0.2) is 24.3 Å². The number of aliphatic carboxylic acids is 1. The Bertz CT molecular complexity index is 445. The van der Waals surface area contributed by atoms with Crippen LogP contribution >= 0.6 is 0 Å². The first-order valence-electron chi connectivity index (χ1n) is 9.07. The molecule has 0 bridgehead atoms. The van der Waals surface area contributed by atoms with E-state index in [9.17, 15) is 14.7 Å². The average Bonchev–Trinajstić information content (AvgIpc) is 2.89. The van der Waals surface area contributed by atoms with Gasteiger partial charge in [0.05, 0.1) is 12.1 Å². The Kier molecular flexibility index (Phi) is 10.1. The highest BCUT2D eigenvalue weighted by molar-refractivity contribution is 5.79. The molecule has 1 amide bonds. The van der Waals surface area contributed by atoms with Gasteiger partial charge in [-0.05, 0) is 25.7 Å². The van der Waals surface area contributed by atoms with E-state index in [4.69, 9.17) is 5.11 Å². The molecule has 24 heavy (non-hydrogen) atoms. The van der Waals surface area contributed by atoms with Crippen LogP contribution in [0.5, 0.6) is 0 Å². The van der Waals surface area contributed by atoms with E-state index in [0.717, 1.165) is 32.1 Å². The van der Waals surface area contributed by atoms with Crippen LogP contribution in [0.4, 0.5) is 0 Å². The minimum Gasteiger partial charge on any atom is -0.481 e. The maximum atomic E-state index is 12.0. The van der Waals surface area contributed by atoms with Crippen molar-refractivity contribution in [1.29, 1.82) is 0 Å². The van der Waals surface area contributed by atoms with Crippen molar-refractivity contribution in [1.82, 2.24) is 4.90 Å². The van der Waals surface area contributed by atoms with Crippen LogP contribution < -0.4 is 0 Å². The van der Waals surface area contributed by atoms with E-state index in [1.54, 1.807) is 0 Å². The Morgan fingerprint density at radius 2 is 2.12 bits per heavy atom. The molecule has 2 unspecified atom stereocenters. The number of carboxylic acid groups (broad SMARTS) is 1. The van der Waals surface area contributed by atoms with Gasteiger partial charge in [-0.3, -0.25) is 9.59 Å². The van der Waals surface area contributed by atoms with E-state index in [2.05, 4.69) is 6.92 Å². The molecule has 5 nitrogen and oxygen atoms in total. The number of hydrogen-bond acceptors (Lipinski definition) is 3. The van der Waals surface area contributed by atoms with Crippen molar-refractivity contribution >= 4 is 11.9 Å². The van der Waals surface area contributed by atoms with Gasteiger partial charge in [0.15, 0.2) is 0 Å². The Morgan fingerprint density at radius 1 is 1.33 bits per heavy atom. The number of hydrogen-bond donors (Lipinski definition) is 2. The third-order valence-electron chi connectivity index (χ3n) is 4.26. The number of likely N-dealkylation sites (tertiary alicyclic amines) is 1. The van der Waals surface area contributed by atoms with Gasteiger partial charge in [-0.25, -0.2) is 0 Å². The summed E-state index contributed by atoms with van der Waals surface area (Å²) in [6, 6.07) is 0.0574. The molecule has 0 aliphatic carbocycles. The lowest BCUT2D eigenvalue weighted by Crippen LogP contribution is -2.32. The highest BCUT2D eigenvalue weighted by Gasteiger charge is 2.27. The molecule has 2 N–H and O–H groups in total. The van der Waals surface area contributed by atoms with Gasteiger partial charge in [-0.15, -0.1) is 0 Å². The van der Waals surface area contributed by atoms with Gasteiger partial charge in [0.2, 0.25) is 5.91 Å². The van der Waals surface area contributed by atoms with Crippen molar-refractivity contribution in [2.24, 2.45) is 0 Å². The Hall–Kier alpha value is -1.62. The van der Waals surface area contributed by atoms with E-state index >= 15 is 0 Å². The lowest BCUT2D eigenvalue weighted by atomic mass is 10.1. The number of carbonyl (C=O) groups is 2. The first-order valence-corrected chi connectivity index (χ1v) is 9.07. The molecule has 1 rings (SSSR count). The number of aliphatic hydroxyl groups is 1. The fourth-order valence-corrected chi connectivity index (χ4v) is 2.83. The number of amides is 1. The minimum atomic E-state index is -0.777. The van der Waals surface area contributed by atoms with Gasteiger partial charge < -0.3 is 15.1 Å². The maximum absolute atomic E-state index is 12.0. The van der Waals surface area contributed by atoms with E-state index in [1.165, 1.54) is 0 Å². The number of carboxylic acids is 1. The van der Waals surface area contributed by atoms with Crippen molar-refractivity contribution in [2.45, 2.75) is 76.9 Å². The standard InChI is InChI=1S/C19H31NO4/c1-2-3-6-9-17(21)13-11-16-12-14-18(22)20(16)15-8-5-4-7-10-19(23)24/h5,8,11,13,16-17,21H,2-4,6-7,9-10,12,14-15H2,1H3,(H,23,24)/b8-5?,13-11+. The van der Waals surface area contributed by atoms with Crippen LogP contribution in [-0.4, -0.2) is 45.7 Å². The summed E-state index contributed by atoms with van der Waals surface area (Å²) in [5.41, 5.74) is 0. The van der Waals surface area contributed by atoms with Crippen molar-refractivity contribution in [3.05, 3.63) is 24.3 Å². The molecule has 136 valence electrons. The van der Waals surface area contributed by atoms with Crippen molar-refractivity contribution in [3.63, 3.8) is 0 Å². The van der Waals surface area contributed by atoms with Gasteiger partial charge in [-0.2, -0.15) is 0 Å². The smallest absolute Gasteiger partial charge is 0.303 e. The number of aliphatic hydroxyl groups excluding tert-OH is 1. The van der Waals surface area contributed by atoms with Gasteiger partial charge >= 0.3 is 5.97 Å². The van der Waals surface area contributed by atoms with Gasteiger partial charge in [0.1, 0.15) is 0 Å². The molecule has 0 radical (unpaired) electrons. The van der Waals surface area contributed by atoms with Crippen molar-refractivity contribution in [3.8, 4) is 0 Å². The summed E-state index contributed by atoms with van der Waals surface area (Å²) >= 11 is 0. The topological polar surface area (TPSA) is 77.8 Å². The van der Waals surface area contributed by atoms with Crippen molar-refractivity contribution in [2.75, 3.05) is 6.54 Å². The summed E-state index contributed by atoms with van der Waals surface area (Å²) in [6.07, 6.45) is 14.1. The van der Waals surface area contributed by atoms with E-state index in [1.807, 2.05) is 29.2 Å². The summed E-state index contributed by atoms with van der Waals surface area (Å²) in [5.74, 6) is -0.638. The Labute approximate surface area is 145 Å².